The maximum atomic E-state index is 11.0. The summed E-state index contributed by atoms with van der Waals surface area (Å²) in [7, 11) is 0. The van der Waals surface area contributed by atoms with Gasteiger partial charge in [-0.3, -0.25) is 9.48 Å². The fraction of sp³-hybridized carbons (Fsp3) is 0.444. The molecule has 0 radical (unpaired) electrons. The minimum Gasteiger partial charge on any atom is -0.480 e. The molecule has 1 aromatic heterocycles. The molecule has 1 aromatic rings. The van der Waals surface area contributed by atoms with E-state index in [2.05, 4.69) is 15.7 Å². The molecule has 0 saturated heterocycles. The Kier molecular flexibility index (Phi) is 4.31. The van der Waals surface area contributed by atoms with Crippen LogP contribution in [-0.2, 0) is 11.3 Å². The summed E-state index contributed by atoms with van der Waals surface area (Å²) >= 11 is 0. The summed E-state index contributed by atoms with van der Waals surface area (Å²) in [6, 6.07) is -0.494. The van der Waals surface area contributed by atoms with Gasteiger partial charge in [-0.1, -0.05) is 0 Å². The Bertz CT molecular complexity index is 375. The lowest BCUT2D eigenvalue weighted by Gasteiger charge is -2.05. The normalized spacial score (nSPS) is 9.81. The zero-order chi connectivity index (χ0) is 12.0. The van der Waals surface area contributed by atoms with Crippen LogP contribution in [0.25, 0.3) is 0 Å². The van der Waals surface area contributed by atoms with E-state index in [0.29, 0.717) is 13.1 Å². The van der Waals surface area contributed by atoms with Crippen LogP contribution in [0.2, 0.25) is 0 Å². The van der Waals surface area contributed by atoms with Gasteiger partial charge in [0.2, 0.25) is 0 Å². The molecule has 0 aliphatic heterocycles. The van der Waals surface area contributed by atoms with Crippen molar-refractivity contribution in [3.8, 4) is 0 Å². The van der Waals surface area contributed by atoms with Gasteiger partial charge in [-0.25, -0.2) is 4.79 Å². The number of hydrogen-bond donors (Lipinski definition) is 3. The average Bonchev–Trinajstić information content (AvgIpc) is 2.61. The molecule has 0 bridgehead atoms. The van der Waals surface area contributed by atoms with Crippen LogP contribution in [-0.4, -0.2) is 40.0 Å². The van der Waals surface area contributed by atoms with Crippen LogP contribution in [0.1, 0.15) is 5.56 Å². The first kappa shape index (κ1) is 12.0. The number of amides is 2. The van der Waals surface area contributed by atoms with E-state index in [1.54, 1.807) is 10.9 Å². The van der Waals surface area contributed by atoms with Crippen LogP contribution >= 0.6 is 0 Å². The van der Waals surface area contributed by atoms with Crippen molar-refractivity contribution in [3.05, 3.63) is 18.0 Å². The Morgan fingerprint density at radius 2 is 2.25 bits per heavy atom. The number of hydrogen-bond acceptors (Lipinski definition) is 3. The highest BCUT2D eigenvalue weighted by Gasteiger charge is 2.02. The molecule has 7 heteroatoms. The highest BCUT2D eigenvalue weighted by atomic mass is 16.4. The number of aromatic nitrogens is 2. The first-order valence-electron chi connectivity index (χ1n) is 4.80. The van der Waals surface area contributed by atoms with Crippen molar-refractivity contribution >= 4 is 12.0 Å². The number of carbonyl (C=O) groups excluding carboxylic acids is 1. The minimum atomic E-state index is -1.07. The maximum absolute atomic E-state index is 11.0. The zero-order valence-corrected chi connectivity index (χ0v) is 8.93. The summed E-state index contributed by atoms with van der Waals surface area (Å²) in [6.45, 7) is 2.49. The lowest BCUT2D eigenvalue weighted by molar-refractivity contribution is -0.135. The predicted octanol–water partition coefficient (Wildman–Crippen LogP) is -0.425. The average molecular weight is 226 g/mol. The van der Waals surface area contributed by atoms with Crippen LogP contribution in [0, 0.1) is 6.92 Å². The van der Waals surface area contributed by atoms with Crippen molar-refractivity contribution in [1.82, 2.24) is 20.4 Å². The second-order valence-corrected chi connectivity index (χ2v) is 3.28. The number of carboxylic acid groups (broad SMARTS) is 1. The number of carboxylic acids is 1. The van der Waals surface area contributed by atoms with E-state index < -0.39 is 12.0 Å². The Morgan fingerprint density at radius 1 is 1.50 bits per heavy atom. The fourth-order valence-corrected chi connectivity index (χ4v) is 1.09. The van der Waals surface area contributed by atoms with Crippen molar-refractivity contribution < 1.29 is 14.7 Å². The number of carbonyl (C=O) groups is 2. The SMILES string of the molecule is Cc1cnn(CCNC(=O)NCC(=O)O)c1. The highest BCUT2D eigenvalue weighted by molar-refractivity contribution is 5.79. The monoisotopic (exact) mass is 226 g/mol. The van der Waals surface area contributed by atoms with Crippen molar-refractivity contribution in [3.63, 3.8) is 0 Å². The van der Waals surface area contributed by atoms with Crippen molar-refractivity contribution in [1.29, 1.82) is 0 Å². The van der Waals surface area contributed by atoms with Crippen LogP contribution in [0.4, 0.5) is 4.79 Å². The molecule has 0 fully saturated rings. The number of aryl methyl sites for hydroxylation is 1. The van der Waals surface area contributed by atoms with E-state index in [1.165, 1.54) is 0 Å². The molecule has 1 heterocycles. The summed E-state index contributed by atoms with van der Waals surface area (Å²) in [5, 5.41) is 17.1. The number of nitrogens with one attached hydrogen (secondary N) is 2. The number of nitrogens with zero attached hydrogens (tertiary/aromatic N) is 2. The molecule has 0 aromatic carbocycles. The van der Waals surface area contributed by atoms with Gasteiger partial charge < -0.3 is 15.7 Å². The molecule has 3 N–H and O–H groups in total. The molecule has 0 unspecified atom stereocenters. The lowest BCUT2D eigenvalue weighted by Crippen LogP contribution is -2.39. The summed E-state index contributed by atoms with van der Waals surface area (Å²) < 4.78 is 1.70. The topological polar surface area (TPSA) is 96.3 Å². The molecule has 16 heavy (non-hydrogen) atoms. The summed E-state index contributed by atoms with van der Waals surface area (Å²) in [6.07, 6.45) is 3.58. The number of aliphatic carboxylic acids is 1. The number of urea groups is 1. The Balaban J connectivity index is 2.15. The van der Waals surface area contributed by atoms with E-state index in [4.69, 9.17) is 5.11 Å². The maximum Gasteiger partial charge on any atom is 0.323 e. The van der Waals surface area contributed by atoms with Gasteiger partial charge in [0.1, 0.15) is 6.54 Å². The molecule has 0 aliphatic rings. The molecule has 7 nitrogen and oxygen atoms in total. The van der Waals surface area contributed by atoms with Crippen LogP contribution < -0.4 is 10.6 Å². The Hall–Kier alpha value is -2.05. The first-order valence-corrected chi connectivity index (χ1v) is 4.80. The molecule has 0 aliphatic carbocycles. The molecular formula is C9H14N4O3. The molecule has 0 spiro atoms. The van der Waals surface area contributed by atoms with Gasteiger partial charge in [-0.05, 0) is 12.5 Å². The van der Waals surface area contributed by atoms with Gasteiger partial charge in [0.15, 0.2) is 0 Å². The van der Waals surface area contributed by atoms with Crippen LogP contribution in [0.15, 0.2) is 12.4 Å². The van der Waals surface area contributed by atoms with E-state index in [-0.39, 0.29) is 6.54 Å². The van der Waals surface area contributed by atoms with E-state index in [1.807, 2.05) is 13.1 Å². The predicted molar refractivity (Wildman–Crippen MR) is 56.0 cm³/mol. The van der Waals surface area contributed by atoms with Crippen molar-refractivity contribution in [2.45, 2.75) is 13.5 Å². The van der Waals surface area contributed by atoms with E-state index in [0.717, 1.165) is 5.56 Å². The summed E-state index contributed by atoms with van der Waals surface area (Å²) in [5.74, 6) is -1.07. The van der Waals surface area contributed by atoms with Crippen molar-refractivity contribution in [2.75, 3.05) is 13.1 Å². The molecule has 1 rings (SSSR count). The van der Waals surface area contributed by atoms with Gasteiger partial charge >= 0.3 is 12.0 Å². The third kappa shape index (κ3) is 4.45. The van der Waals surface area contributed by atoms with Gasteiger partial charge in [0, 0.05) is 12.7 Å². The summed E-state index contributed by atoms with van der Waals surface area (Å²) in [5.41, 5.74) is 1.05. The third-order valence-electron chi connectivity index (χ3n) is 1.79. The van der Waals surface area contributed by atoms with Gasteiger partial charge in [-0.15, -0.1) is 0 Å². The van der Waals surface area contributed by atoms with E-state index in [9.17, 15) is 9.59 Å². The molecule has 0 saturated carbocycles. The Labute approximate surface area is 92.4 Å². The zero-order valence-electron chi connectivity index (χ0n) is 8.93. The Morgan fingerprint density at radius 3 is 2.81 bits per heavy atom. The molecule has 88 valence electrons. The second-order valence-electron chi connectivity index (χ2n) is 3.28. The highest BCUT2D eigenvalue weighted by Crippen LogP contribution is 1.92. The van der Waals surface area contributed by atoms with Crippen LogP contribution in [0.5, 0.6) is 0 Å². The second kappa shape index (κ2) is 5.74. The molecular weight excluding hydrogens is 212 g/mol. The van der Waals surface area contributed by atoms with Crippen molar-refractivity contribution in [2.24, 2.45) is 0 Å². The first-order chi connectivity index (χ1) is 7.58. The fourth-order valence-electron chi connectivity index (χ4n) is 1.09. The molecule has 0 atom stereocenters. The molecule has 2 amide bonds. The standard InChI is InChI=1S/C9H14N4O3/c1-7-4-12-13(6-7)3-2-10-9(16)11-5-8(14)15/h4,6H,2-3,5H2,1H3,(H,14,15)(H2,10,11,16). The quantitative estimate of drug-likeness (QED) is 0.635. The lowest BCUT2D eigenvalue weighted by atomic mass is 10.4. The van der Waals surface area contributed by atoms with Gasteiger partial charge in [-0.2, -0.15) is 5.10 Å². The minimum absolute atomic E-state index is 0.382. The van der Waals surface area contributed by atoms with Gasteiger partial charge in [0.05, 0.1) is 12.7 Å². The van der Waals surface area contributed by atoms with Gasteiger partial charge in [0.25, 0.3) is 0 Å². The van der Waals surface area contributed by atoms with E-state index >= 15 is 0 Å². The largest absolute Gasteiger partial charge is 0.480 e. The smallest absolute Gasteiger partial charge is 0.323 e. The van der Waals surface area contributed by atoms with Crippen LogP contribution in [0.3, 0.4) is 0 Å². The third-order valence-corrected chi connectivity index (χ3v) is 1.79. The number of rotatable bonds is 5. The summed E-state index contributed by atoms with van der Waals surface area (Å²) in [4.78, 5) is 21.2.